The summed E-state index contributed by atoms with van der Waals surface area (Å²) >= 11 is 5.67. The first-order valence-electron chi connectivity index (χ1n) is 4.98. The third-order valence-corrected chi connectivity index (χ3v) is 2.12. The predicted molar refractivity (Wildman–Crippen MR) is 64.4 cm³/mol. The van der Waals surface area contributed by atoms with Crippen LogP contribution < -0.4 is 4.74 Å². The highest BCUT2D eigenvalue weighted by Gasteiger charge is 2.00. The van der Waals surface area contributed by atoms with Crippen LogP contribution in [-0.4, -0.2) is 31.6 Å². The van der Waals surface area contributed by atoms with E-state index in [0.29, 0.717) is 23.9 Å². The molecule has 1 aromatic carbocycles. The third kappa shape index (κ3) is 5.14. The Morgan fingerprint density at radius 3 is 2.62 bits per heavy atom. The van der Waals surface area contributed by atoms with Gasteiger partial charge in [-0.1, -0.05) is 18.2 Å². The van der Waals surface area contributed by atoms with E-state index in [2.05, 4.69) is 6.58 Å². The molecule has 88 valence electrons. The molecule has 0 amide bonds. The molecule has 0 aliphatic rings. The highest BCUT2D eigenvalue weighted by molar-refractivity contribution is 6.29. The minimum atomic E-state index is -0.261. The first-order chi connectivity index (χ1) is 7.58. The molecule has 0 heterocycles. The molecule has 0 unspecified atom stereocenters. The van der Waals surface area contributed by atoms with Crippen LogP contribution in [0.4, 0.5) is 4.39 Å². The number of likely N-dealkylation sites (N-methyl/N-ethyl adjacent to an activating group) is 1. The molecule has 0 atom stereocenters. The summed E-state index contributed by atoms with van der Waals surface area (Å²) in [6.07, 6.45) is 0. The van der Waals surface area contributed by atoms with Gasteiger partial charge in [-0.2, -0.15) is 0 Å². The topological polar surface area (TPSA) is 12.5 Å². The minimum Gasteiger partial charge on any atom is -0.492 e. The van der Waals surface area contributed by atoms with Gasteiger partial charge < -0.3 is 4.74 Å². The number of nitrogens with zero attached hydrogens (tertiary/aromatic N) is 1. The Kier molecular flexibility index (Phi) is 5.29. The molecule has 0 aliphatic carbocycles. The van der Waals surface area contributed by atoms with E-state index in [1.807, 2.05) is 11.9 Å². The van der Waals surface area contributed by atoms with Gasteiger partial charge in [0, 0.05) is 18.1 Å². The monoisotopic (exact) mass is 243 g/mol. The maximum Gasteiger partial charge on any atom is 0.123 e. The van der Waals surface area contributed by atoms with Gasteiger partial charge in [-0.3, -0.25) is 4.90 Å². The number of ether oxygens (including phenoxy) is 1. The van der Waals surface area contributed by atoms with Gasteiger partial charge in [-0.25, -0.2) is 4.39 Å². The lowest BCUT2D eigenvalue weighted by Gasteiger charge is -2.15. The van der Waals surface area contributed by atoms with Gasteiger partial charge >= 0.3 is 0 Å². The second-order valence-corrected chi connectivity index (χ2v) is 4.09. The highest BCUT2D eigenvalue weighted by Crippen LogP contribution is 2.10. The summed E-state index contributed by atoms with van der Waals surface area (Å²) < 4.78 is 18.0. The second-order valence-electron chi connectivity index (χ2n) is 3.56. The van der Waals surface area contributed by atoms with Crippen LogP contribution in [0.2, 0.25) is 0 Å². The Morgan fingerprint density at radius 1 is 1.44 bits per heavy atom. The lowest BCUT2D eigenvalue weighted by molar-refractivity contribution is 0.248. The summed E-state index contributed by atoms with van der Waals surface area (Å²) in [7, 11) is 1.93. The normalized spacial score (nSPS) is 10.5. The summed E-state index contributed by atoms with van der Waals surface area (Å²) in [5.41, 5.74) is 0. The molecule has 0 N–H and O–H groups in total. The van der Waals surface area contributed by atoms with Gasteiger partial charge in [0.15, 0.2) is 0 Å². The Bertz CT molecular complexity index is 339. The molecule has 1 aromatic rings. The molecule has 4 heteroatoms. The number of rotatable bonds is 6. The van der Waals surface area contributed by atoms with Gasteiger partial charge in [-0.15, -0.1) is 0 Å². The summed E-state index contributed by atoms with van der Waals surface area (Å²) in [6.45, 7) is 5.52. The van der Waals surface area contributed by atoms with Crippen molar-refractivity contribution in [3.8, 4) is 5.75 Å². The Hall–Kier alpha value is -1.06. The summed E-state index contributed by atoms with van der Waals surface area (Å²) in [6, 6.07) is 5.96. The van der Waals surface area contributed by atoms with E-state index in [4.69, 9.17) is 16.3 Å². The van der Waals surface area contributed by atoms with Gasteiger partial charge in [0.1, 0.15) is 18.2 Å². The van der Waals surface area contributed by atoms with Crippen molar-refractivity contribution in [1.29, 1.82) is 0 Å². The lowest BCUT2D eigenvalue weighted by Crippen LogP contribution is -2.25. The van der Waals surface area contributed by atoms with E-state index in [1.54, 1.807) is 12.1 Å². The number of hydrogen-bond acceptors (Lipinski definition) is 2. The van der Waals surface area contributed by atoms with E-state index in [-0.39, 0.29) is 5.82 Å². The fraction of sp³-hybridized carbons (Fsp3) is 0.333. The van der Waals surface area contributed by atoms with Crippen molar-refractivity contribution in [1.82, 2.24) is 4.90 Å². The first-order valence-corrected chi connectivity index (χ1v) is 5.36. The zero-order valence-corrected chi connectivity index (χ0v) is 10.0. The summed E-state index contributed by atoms with van der Waals surface area (Å²) in [5.74, 6) is 0.405. The molecule has 0 saturated carbocycles. The van der Waals surface area contributed by atoms with Crippen LogP contribution in [0.15, 0.2) is 35.9 Å². The number of benzene rings is 1. The van der Waals surface area contributed by atoms with E-state index in [9.17, 15) is 4.39 Å². The molecule has 0 fully saturated rings. The van der Waals surface area contributed by atoms with Crippen LogP contribution in [0.25, 0.3) is 0 Å². The zero-order chi connectivity index (χ0) is 12.0. The summed E-state index contributed by atoms with van der Waals surface area (Å²) in [5, 5.41) is 0.601. The van der Waals surface area contributed by atoms with Crippen LogP contribution >= 0.6 is 11.6 Å². The average Bonchev–Trinajstić information content (AvgIpc) is 2.20. The summed E-state index contributed by atoms with van der Waals surface area (Å²) in [4.78, 5) is 2.00. The highest BCUT2D eigenvalue weighted by atomic mass is 35.5. The van der Waals surface area contributed by atoms with Crippen molar-refractivity contribution in [2.45, 2.75) is 0 Å². The van der Waals surface area contributed by atoms with Crippen molar-refractivity contribution >= 4 is 11.6 Å². The molecular formula is C12H15ClFNO. The fourth-order valence-corrected chi connectivity index (χ4v) is 1.43. The lowest BCUT2D eigenvalue weighted by atomic mass is 10.3. The van der Waals surface area contributed by atoms with E-state index >= 15 is 0 Å². The number of halogens is 2. The zero-order valence-electron chi connectivity index (χ0n) is 9.25. The van der Waals surface area contributed by atoms with Crippen LogP contribution in [0.3, 0.4) is 0 Å². The van der Waals surface area contributed by atoms with Crippen LogP contribution in [0.5, 0.6) is 5.75 Å². The van der Waals surface area contributed by atoms with Gasteiger partial charge in [0.25, 0.3) is 0 Å². The minimum absolute atomic E-state index is 0.261. The van der Waals surface area contributed by atoms with E-state index < -0.39 is 0 Å². The van der Waals surface area contributed by atoms with Crippen molar-refractivity contribution in [3.63, 3.8) is 0 Å². The standard InChI is InChI=1S/C12H15ClFNO/c1-10(13)9-15(2)7-8-16-12-5-3-11(14)4-6-12/h3-6H,1,7-9H2,2H3. The molecule has 0 spiro atoms. The molecule has 1 rings (SSSR count). The largest absolute Gasteiger partial charge is 0.492 e. The molecule has 0 saturated heterocycles. The Balaban J connectivity index is 2.25. The van der Waals surface area contributed by atoms with Gasteiger partial charge in [0.05, 0.1) is 0 Å². The van der Waals surface area contributed by atoms with Crippen LogP contribution in [0.1, 0.15) is 0 Å². The van der Waals surface area contributed by atoms with E-state index in [0.717, 1.165) is 6.54 Å². The second kappa shape index (κ2) is 6.51. The fourth-order valence-electron chi connectivity index (χ4n) is 1.22. The Morgan fingerprint density at radius 2 is 2.06 bits per heavy atom. The first kappa shape index (κ1) is 13.0. The predicted octanol–water partition coefficient (Wildman–Crippen LogP) is 2.89. The third-order valence-electron chi connectivity index (χ3n) is 2.00. The van der Waals surface area contributed by atoms with Gasteiger partial charge in [0.2, 0.25) is 0 Å². The smallest absolute Gasteiger partial charge is 0.123 e. The average molecular weight is 244 g/mol. The SMILES string of the molecule is C=C(Cl)CN(C)CCOc1ccc(F)cc1. The molecule has 0 aromatic heterocycles. The quantitative estimate of drug-likeness (QED) is 0.762. The van der Waals surface area contributed by atoms with Crippen LogP contribution in [0, 0.1) is 5.82 Å². The molecule has 0 radical (unpaired) electrons. The maximum atomic E-state index is 12.6. The molecule has 0 bridgehead atoms. The molecular weight excluding hydrogens is 229 g/mol. The van der Waals surface area contributed by atoms with Crippen LogP contribution in [-0.2, 0) is 0 Å². The van der Waals surface area contributed by atoms with Crippen molar-refractivity contribution in [2.75, 3.05) is 26.7 Å². The molecule has 2 nitrogen and oxygen atoms in total. The Labute approximate surface area is 100 Å². The number of hydrogen-bond donors (Lipinski definition) is 0. The molecule has 16 heavy (non-hydrogen) atoms. The van der Waals surface area contributed by atoms with Gasteiger partial charge in [-0.05, 0) is 31.3 Å². The van der Waals surface area contributed by atoms with E-state index in [1.165, 1.54) is 12.1 Å². The van der Waals surface area contributed by atoms with Crippen molar-refractivity contribution < 1.29 is 9.13 Å². The maximum absolute atomic E-state index is 12.6. The van der Waals surface area contributed by atoms with Crippen molar-refractivity contribution in [3.05, 3.63) is 41.7 Å². The van der Waals surface area contributed by atoms with Crippen molar-refractivity contribution in [2.24, 2.45) is 0 Å². The molecule has 0 aliphatic heterocycles.